The van der Waals surface area contributed by atoms with Gasteiger partial charge in [-0.15, -0.1) is 23.1 Å². The molecule has 18 heavy (non-hydrogen) atoms. The first-order chi connectivity index (χ1) is 8.72. The molecule has 0 fully saturated rings. The van der Waals surface area contributed by atoms with E-state index in [0.29, 0.717) is 4.90 Å². The molecule has 1 nitrogen and oxygen atoms in total. The lowest BCUT2D eigenvalue weighted by atomic mass is 10.2. The minimum Gasteiger partial charge on any atom is -0.387 e. The molecule has 0 bridgehead atoms. The van der Waals surface area contributed by atoms with E-state index in [1.165, 1.54) is 22.7 Å². The quantitative estimate of drug-likeness (QED) is 0.774. The van der Waals surface area contributed by atoms with Crippen molar-refractivity contribution in [1.29, 1.82) is 0 Å². The van der Waals surface area contributed by atoms with E-state index in [2.05, 4.69) is 5.32 Å². The van der Waals surface area contributed by atoms with E-state index >= 15 is 0 Å². The van der Waals surface area contributed by atoms with Crippen molar-refractivity contribution in [3.8, 4) is 0 Å². The third kappa shape index (κ3) is 3.03. The molecule has 1 N–H and O–H groups in total. The van der Waals surface area contributed by atoms with Crippen LogP contribution in [0.1, 0.15) is 16.9 Å². The van der Waals surface area contributed by atoms with Crippen molar-refractivity contribution in [2.75, 3.05) is 12.4 Å². The zero-order valence-electron chi connectivity index (χ0n) is 9.82. The Balaban J connectivity index is 2.23. The smallest absolute Gasteiger partial charge is 0.265 e. The van der Waals surface area contributed by atoms with Crippen LogP contribution >= 0.6 is 23.1 Å². The lowest BCUT2D eigenvalue weighted by Crippen LogP contribution is -1.96. The summed E-state index contributed by atoms with van der Waals surface area (Å²) < 4.78 is 25.9. The molecule has 0 saturated heterocycles. The number of alkyl halides is 2. The molecule has 2 aromatic rings. The normalized spacial score (nSPS) is 10.9. The Labute approximate surface area is 113 Å². The Kier molecular flexibility index (Phi) is 4.60. The third-order valence-electron chi connectivity index (χ3n) is 2.49. The molecule has 1 heterocycles. The van der Waals surface area contributed by atoms with Crippen LogP contribution in [0.5, 0.6) is 0 Å². The summed E-state index contributed by atoms with van der Waals surface area (Å²) in [4.78, 5) is 1.83. The van der Waals surface area contributed by atoms with Gasteiger partial charge in [0.1, 0.15) is 0 Å². The molecule has 0 atom stereocenters. The zero-order valence-corrected chi connectivity index (χ0v) is 11.5. The molecule has 0 spiro atoms. The van der Waals surface area contributed by atoms with Crippen molar-refractivity contribution in [2.24, 2.45) is 0 Å². The first-order valence-electron chi connectivity index (χ1n) is 5.46. The van der Waals surface area contributed by atoms with Gasteiger partial charge in [0.15, 0.2) is 0 Å². The van der Waals surface area contributed by atoms with Crippen LogP contribution in [0, 0.1) is 0 Å². The molecule has 0 aliphatic carbocycles. The minimum absolute atomic E-state index is 0.100. The molecule has 96 valence electrons. The summed E-state index contributed by atoms with van der Waals surface area (Å²) in [7, 11) is 1.75. The fourth-order valence-electron chi connectivity index (χ4n) is 1.62. The maximum atomic E-state index is 13.0. The molecule has 1 aromatic carbocycles. The Bertz CT molecular complexity index is 498. The Morgan fingerprint density at radius 2 is 2.11 bits per heavy atom. The molecule has 0 aliphatic heterocycles. The highest BCUT2D eigenvalue weighted by Gasteiger charge is 2.16. The van der Waals surface area contributed by atoms with E-state index in [4.69, 9.17) is 0 Å². The molecular weight excluding hydrogens is 272 g/mol. The lowest BCUT2D eigenvalue weighted by molar-refractivity contribution is 0.148. The number of hydrogen-bond donors (Lipinski definition) is 1. The van der Waals surface area contributed by atoms with E-state index in [-0.39, 0.29) is 5.56 Å². The maximum Gasteiger partial charge on any atom is 0.265 e. The van der Waals surface area contributed by atoms with Gasteiger partial charge in [0.2, 0.25) is 0 Å². The summed E-state index contributed by atoms with van der Waals surface area (Å²) in [5, 5.41) is 4.96. The highest BCUT2D eigenvalue weighted by Crippen LogP contribution is 2.38. The molecule has 5 heteroatoms. The van der Waals surface area contributed by atoms with Gasteiger partial charge < -0.3 is 5.32 Å². The number of anilines is 1. The van der Waals surface area contributed by atoms with Gasteiger partial charge in [0.05, 0.1) is 0 Å². The standard InChI is InChI=1S/C13H13F2NS2/c1-16-11-6-2-5-10(13(14)15)12(11)18-8-9-4-3-7-17-9/h2-7,13,16H,8H2,1H3. The minimum atomic E-state index is -2.44. The van der Waals surface area contributed by atoms with Crippen LogP contribution in [0.4, 0.5) is 14.5 Å². The van der Waals surface area contributed by atoms with Crippen molar-refractivity contribution >= 4 is 28.8 Å². The molecule has 0 amide bonds. The monoisotopic (exact) mass is 285 g/mol. The second-order valence-corrected chi connectivity index (χ2v) is 5.66. The predicted octanol–water partition coefficient (Wildman–Crippen LogP) is 5.02. The van der Waals surface area contributed by atoms with E-state index < -0.39 is 6.43 Å². The van der Waals surface area contributed by atoms with Gasteiger partial charge in [-0.05, 0) is 17.5 Å². The van der Waals surface area contributed by atoms with Crippen molar-refractivity contribution in [2.45, 2.75) is 17.1 Å². The number of rotatable bonds is 5. The van der Waals surface area contributed by atoms with Crippen molar-refractivity contribution in [1.82, 2.24) is 0 Å². The second kappa shape index (κ2) is 6.20. The summed E-state index contributed by atoms with van der Waals surface area (Å²) >= 11 is 3.09. The third-order valence-corrected chi connectivity index (χ3v) is 4.75. The van der Waals surface area contributed by atoms with Gasteiger partial charge >= 0.3 is 0 Å². The number of thiophene rings is 1. The molecule has 0 aliphatic rings. The average molecular weight is 285 g/mol. The van der Waals surface area contributed by atoms with Gasteiger partial charge in [-0.2, -0.15) is 0 Å². The van der Waals surface area contributed by atoms with Crippen LogP contribution in [-0.2, 0) is 5.75 Å². The fourth-order valence-corrected chi connectivity index (χ4v) is 3.59. The van der Waals surface area contributed by atoms with Crippen molar-refractivity contribution < 1.29 is 8.78 Å². The Morgan fingerprint density at radius 3 is 2.72 bits per heavy atom. The van der Waals surface area contributed by atoms with Gasteiger partial charge in [-0.25, -0.2) is 8.78 Å². The van der Waals surface area contributed by atoms with Crippen LogP contribution in [0.15, 0.2) is 40.6 Å². The highest BCUT2D eigenvalue weighted by molar-refractivity contribution is 7.98. The molecule has 0 saturated carbocycles. The van der Waals surface area contributed by atoms with Crippen LogP contribution < -0.4 is 5.32 Å². The van der Waals surface area contributed by atoms with Gasteiger partial charge in [-0.3, -0.25) is 0 Å². The predicted molar refractivity (Wildman–Crippen MR) is 74.8 cm³/mol. The molecule has 0 unspecified atom stereocenters. The Morgan fingerprint density at radius 1 is 1.28 bits per heavy atom. The lowest BCUT2D eigenvalue weighted by Gasteiger charge is -2.13. The van der Waals surface area contributed by atoms with Crippen molar-refractivity contribution in [3.05, 3.63) is 46.2 Å². The molecule has 2 rings (SSSR count). The summed E-state index contributed by atoms with van der Waals surface area (Å²) in [5.41, 5.74) is 0.859. The number of nitrogens with one attached hydrogen (secondary N) is 1. The first kappa shape index (κ1) is 13.4. The van der Waals surface area contributed by atoms with E-state index in [0.717, 1.165) is 11.4 Å². The molecule has 1 aromatic heterocycles. The van der Waals surface area contributed by atoms with Crippen LogP contribution in [-0.4, -0.2) is 7.05 Å². The first-order valence-corrected chi connectivity index (χ1v) is 7.33. The fraction of sp³-hybridized carbons (Fsp3) is 0.231. The molecule has 0 radical (unpaired) electrons. The van der Waals surface area contributed by atoms with Crippen LogP contribution in [0.3, 0.4) is 0 Å². The van der Waals surface area contributed by atoms with Gasteiger partial charge in [0.25, 0.3) is 6.43 Å². The topological polar surface area (TPSA) is 12.0 Å². The highest BCUT2D eigenvalue weighted by atomic mass is 32.2. The number of hydrogen-bond acceptors (Lipinski definition) is 3. The average Bonchev–Trinajstić information content (AvgIpc) is 2.88. The second-order valence-electron chi connectivity index (χ2n) is 3.64. The number of thioether (sulfide) groups is 1. The van der Waals surface area contributed by atoms with E-state index in [9.17, 15) is 8.78 Å². The summed E-state index contributed by atoms with van der Waals surface area (Å²) in [5.74, 6) is 0.718. The summed E-state index contributed by atoms with van der Waals surface area (Å²) in [6, 6.07) is 8.95. The summed E-state index contributed by atoms with van der Waals surface area (Å²) in [6.07, 6.45) is -2.44. The van der Waals surface area contributed by atoms with Crippen LogP contribution in [0.25, 0.3) is 0 Å². The molecular formula is C13H13F2NS2. The largest absolute Gasteiger partial charge is 0.387 e. The Hall–Kier alpha value is -1.07. The van der Waals surface area contributed by atoms with Crippen LogP contribution in [0.2, 0.25) is 0 Å². The number of benzene rings is 1. The van der Waals surface area contributed by atoms with E-state index in [1.54, 1.807) is 24.5 Å². The number of halogens is 2. The van der Waals surface area contributed by atoms with Gasteiger partial charge in [-0.1, -0.05) is 18.2 Å². The van der Waals surface area contributed by atoms with Crippen molar-refractivity contribution in [3.63, 3.8) is 0 Å². The summed E-state index contributed by atoms with van der Waals surface area (Å²) in [6.45, 7) is 0. The zero-order chi connectivity index (χ0) is 13.0. The maximum absolute atomic E-state index is 13.0. The SMILES string of the molecule is CNc1cccc(C(F)F)c1SCc1cccs1. The van der Waals surface area contributed by atoms with E-state index in [1.807, 2.05) is 23.6 Å². The van der Waals surface area contributed by atoms with Gasteiger partial charge in [0, 0.05) is 33.8 Å².